The minimum atomic E-state index is -1.00. The maximum absolute atomic E-state index is 12.8. The van der Waals surface area contributed by atoms with Crippen LogP contribution in [0.25, 0.3) is 11.1 Å². The van der Waals surface area contributed by atoms with E-state index in [-0.39, 0.29) is 11.0 Å². The van der Waals surface area contributed by atoms with Gasteiger partial charge in [0.25, 0.3) is 0 Å². The Morgan fingerprint density at radius 1 is 0.722 bits per heavy atom. The summed E-state index contributed by atoms with van der Waals surface area (Å²) in [6, 6.07) is 28.6. The summed E-state index contributed by atoms with van der Waals surface area (Å²) in [6.07, 6.45) is 0. The number of benzene rings is 4. The molecule has 0 saturated carbocycles. The van der Waals surface area contributed by atoms with Gasteiger partial charge in [-0.1, -0.05) is 75.4 Å². The summed E-state index contributed by atoms with van der Waals surface area (Å²) in [7, 11) is 0. The van der Waals surface area contributed by atoms with Crippen molar-refractivity contribution in [3.63, 3.8) is 0 Å². The lowest BCUT2D eigenvalue weighted by Gasteiger charge is -2.23. The highest BCUT2D eigenvalue weighted by atomic mass is 16.5. The lowest BCUT2D eigenvalue weighted by atomic mass is 9.86. The van der Waals surface area contributed by atoms with Gasteiger partial charge in [-0.3, -0.25) is 0 Å². The topological polar surface area (TPSA) is 87.7 Å². The molecule has 182 valence electrons. The highest BCUT2D eigenvalue weighted by molar-refractivity contribution is 6.01. The molecule has 0 heterocycles. The molecule has 4 aromatic carbocycles. The van der Waals surface area contributed by atoms with Crippen molar-refractivity contribution >= 4 is 23.4 Å². The number of hydrogen-bond donors (Lipinski definition) is 3. The van der Waals surface area contributed by atoms with Crippen LogP contribution in [0.4, 0.5) is 16.2 Å². The second-order valence-electron chi connectivity index (χ2n) is 9.39. The molecule has 36 heavy (non-hydrogen) atoms. The SMILES string of the molecule is CC(C)(C)c1ccccc1Oc1ccc(-c2cccc(C(=O)O)c2)cc1NC(=O)Nc1ccccc1. The summed E-state index contributed by atoms with van der Waals surface area (Å²) in [5.41, 5.74) is 3.62. The molecule has 2 amide bonds. The molecule has 0 aliphatic heterocycles. The van der Waals surface area contributed by atoms with Crippen LogP contribution >= 0.6 is 0 Å². The van der Waals surface area contributed by atoms with Gasteiger partial charge in [0.1, 0.15) is 5.75 Å². The normalized spacial score (nSPS) is 11.0. The number of rotatable bonds is 6. The van der Waals surface area contributed by atoms with Gasteiger partial charge in [0.05, 0.1) is 11.3 Å². The van der Waals surface area contributed by atoms with Crippen LogP contribution in [0.3, 0.4) is 0 Å². The van der Waals surface area contributed by atoms with Gasteiger partial charge in [0, 0.05) is 11.3 Å². The number of carbonyl (C=O) groups is 2. The Morgan fingerprint density at radius 2 is 1.42 bits per heavy atom. The maximum atomic E-state index is 12.8. The minimum Gasteiger partial charge on any atom is -0.478 e. The highest BCUT2D eigenvalue weighted by Gasteiger charge is 2.20. The van der Waals surface area contributed by atoms with Crippen LogP contribution in [0.15, 0.2) is 97.1 Å². The van der Waals surface area contributed by atoms with Crippen molar-refractivity contribution < 1.29 is 19.4 Å². The molecule has 3 N–H and O–H groups in total. The Labute approximate surface area is 210 Å². The summed E-state index contributed by atoms with van der Waals surface area (Å²) in [5.74, 6) is 0.154. The highest BCUT2D eigenvalue weighted by Crippen LogP contribution is 2.38. The Bertz CT molecular complexity index is 1390. The van der Waals surface area contributed by atoms with Crippen molar-refractivity contribution in [1.82, 2.24) is 0 Å². The second-order valence-corrected chi connectivity index (χ2v) is 9.39. The summed E-state index contributed by atoms with van der Waals surface area (Å²) >= 11 is 0. The number of anilines is 2. The standard InChI is InChI=1S/C30H28N2O4/c1-30(2,3)24-14-7-8-15-26(24)36-27-17-16-21(20-10-9-11-22(18-20)28(33)34)19-25(27)32-29(35)31-23-12-5-4-6-13-23/h4-19H,1-3H3,(H,33,34)(H2,31,32,35). The molecular formula is C30H28N2O4. The first-order chi connectivity index (χ1) is 17.2. The molecule has 0 fully saturated rings. The summed E-state index contributed by atoms with van der Waals surface area (Å²) < 4.78 is 6.33. The van der Waals surface area contributed by atoms with Gasteiger partial charge < -0.3 is 20.5 Å². The fourth-order valence-electron chi connectivity index (χ4n) is 3.83. The van der Waals surface area contributed by atoms with Crippen LogP contribution in [0.2, 0.25) is 0 Å². The monoisotopic (exact) mass is 480 g/mol. The predicted octanol–water partition coefficient (Wildman–Crippen LogP) is 7.79. The molecule has 0 unspecified atom stereocenters. The quantitative estimate of drug-likeness (QED) is 0.263. The molecule has 0 saturated heterocycles. The molecular weight excluding hydrogens is 452 g/mol. The fourth-order valence-corrected chi connectivity index (χ4v) is 3.83. The number of amides is 2. The van der Waals surface area contributed by atoms with Crippen molar-refractivity contribution in [2.24, 2.45) is 0 Å². The third kappa shape index (κ3) is 5.91. The van der Waals surface area contributed by atoms with E-state index in [9.17, 15) is 14.7 Å². The fraction of sp³-hybridized carbons (Fsp3) is 0.133. The molecule has 4 aromatic rings. The number of hydrogen-bond acceptors (Lipinski definition) is 3. The van der Waals surface area contributed by atoms with Crippen LogP contribution in [-0.4, -0.2) is 17.1 Å². The van der Waals surface area contributed by atoms with Gasteiger partial charge in [0.2, 0.25) is 0 Å². The lowest BCUT2D eigenvalue weighted by molar-refractivity contribution is 0.0697. The number of carbonyl (C=O) groups excluding carboxylic acids is 1. The number of aromatic carboxylic acids is 1. The molecule has 0 bridgehead atoms. The molecule has 6 nitrogen and oxygen atoms in total. The van der Waals surface area contributed by atoms with E-state index >= 15 is 0 Å². The molecule has 4 rings (SSSR count). The van der Waals surface area contributed by atoms with E-state index in [0.29, 0.717) is 28.4 Å². The Hall–Kier alpha value is -4.58. The average molecular weight is 481 g/mol. The molecule has 0 spiro atoms. The van der Waals surface area contributed by atoms with E-state index in [2.05, 4.69) is 31.4 Å². The zero-order chi connectivity index (χ0) is 25.7. The average Bonchev–Trinajstić information content (AvgIpc) is 2.85. The van der Waals surface area contributed by atoms with Gasteiger partial charge in [-0.15, -0.1) is 0 Å². The first kappa shape index (κ1) is 24.5. The second kappa shape index (κ2) is 10.4. The summed E-state index contributed by atoms with van der Waals surface area (Å²) in [5, 5.41) is 15.1. The van der Waals surface area contributed by atoms with Crippen molar-refractivity contribution in [1.29, 1.82) is 0 Å². The van der Waals surface area contributed by atoms with E-state index in [1.54, 1.807) is 42.5 Å². The molecule has 0 aliphatic carbocycles. The zero-order valence-electron chi connectivity index (χ0n) is 20.4. The van der Waals surface area contributed by atoms with Gasteiger partial charge >= 0.3 is 12.0 Å². The van der Waals surface area contributed by atoms with Crippen molar-refractivity contribution in [2.75, 3.05) is 10.6 Å². The van der Waals surface area contributed by atoms with Gasteiger partial charge in [0.15, 0.2) is 5.75 Å². The van der Waals surface area contributed by atoms with Crippen LogP contribution in [-0.2, 0) is 5.41 Å². The number of ether oxygens (including phenoxy) is 1. The number of carboxylic acids is 1. The molecule has 0 aliphatic rings. The summed E-state index contributed by atoms with van der Waals surface area (Å²) in [4.78, 5) is 24.3. The van der Waals surface area contributed by atoms with Gasteiger partial charge in [-0.25, -0.2) is 9.59 Å². The van der Waals surface area contributed by atoms with Crippen LogP contribution in [0.5, 0.6) is 11.5 Å². The predicted molar refractivity (Wildman–Crippen MR) is 143 cm³/mol. The van der Waals surface area contributed by atoms with E-state index in [1.807, 2.05) is 54.6 Å². The number of nitrogens with one attached hydrogen (secondary N) is 2. The van der Waals surface area contributed by atoms with Crippen LogP contribution in [0.1, 0.15) is 36.7 Å². The Kier molecular flexibility index (Phi) is 7.06. The Balaban J connectivity index is 1.72. The van der Waals surface area contributed by atoms with E-state index in [1.165, 1.54) is 0 Å². The first-order valence-electron chi connectivity index (χ1n) is 11.6. The molecule has 0 radical (unpaired) electrons. The minimum absolute atomic E-state index is 0.147. The number of carboxylic acid groups (broad SMARTS) is 1. The maximum Gasteiger partial charge on any atom is 0.335 e. The summed E-state index contributed by atoms with van der Waals surface area (Å²) in [6.45, 7) is 6.33. The van der Waals surface area contributed by atoms with Crippen molar-refractivity contribution in [3.8, 4) is 22.6 Å². The third-order valence-electron chi connectivity index (χ3n) is 5.62. The van der Waals surface area contributed by atoms with Crippen molar-refractivity contribution in [2.45, 2.75) is 26.2 Å². The Morgan fingerprint density at radius 3 is 2.14 bits per heavy atom. The number of urea groups is 1. The first-order valence-corrected chi connectivity index (χ1v) is 11.6. The van der Waals surface area contributed by atoms with Crippen molar-refractivity contribution in [3.05, 3.63) is 108 Å². The number of para-hydroxylation sites is 2. The lowest BCUT2D eigenvalue weighted by Crippen LogP contribution is -2.20. The van der Waals surface area contributed by atoms with Gasteiger partial charge in [-0.05, 0) is 59.0 Å². The van der Waals surface area contributed by atoms with Gasteiger partial charge in [-0.2, -0.15) is 0 Å². The largest absolute Gasteiger partial charge is 0.478 e. The molecule has 0 aromatic heterocycles. The van der Waals surface area contributed by atoms with E-state index in [4.69, 9.17) is 4.74 Å². The molecule has 6 heteroatoms. The van der Waals surface area contributed by atoms with Crippen LogP contribution in [0, 0.1) is 0 Å². The van der Waals surface area contributed by atoms with E-state index < -0.39 is 12.0 Å². The molecule has 0 atom stereocenters. The van der Waals surface area contributed by atoms with E-state index in [0.717, 1.165) is 11.1 Å². The smallest absolute Gasteiger partial charge is 0.335 e. The third-order valence-corrected chi connectivity index (χ3v) is 5.62. The zero-order valence-corrected chi connectivity index (χ0v) is 20.4. The van der Waals surface area contributed by atoms with Crippen LogP contribution < -0.4 is 15.4 Å².